The van der Waals surface area contributed by atoms with Crippen molar-refractivity contribution >= 4 is 38.2 Å². The van der Waals surface area contributed by atoms with E-state index in [0.717, 1.165) is 10.6 Å². The molecule has 2 amide bonds. The Morgan fingerprint density at radius 1 is 1.19 bits per heavy atom. The summed E-state index contributed by atoms with van der Waals surface area (Å²) in [5.41, 5.74) is 2.80. The van der Waals surface area contributed by atoms with Gasteiger partial charge in [0.2, 0.25) is 10.0 Å². The predicted octanol–water partition coefficient (Wildman–Crippen LogP) is 3.40. The first-order chi connectivity index (χ1) is 12.5. The van der Waals surface area contributed by atoms with Crippen LogP contribution in [0.4, 0.5) is 15.6 Å². The minimum absolute atomic E-state index is 0.0562. The number of hydrogen-bond acceptors (Lipinski definition) is 5. The molecule has 0 unspecified atom stereocenters. The molecule has 7 nitrogen and oxygen atoms in total. The monoisotopic (exact) mass is 408 g/mol. The Bertz CT molecular complexity index is 944. The number of nitrogens with one attached hydrogen (secondary N) is 2. The lowest BCUT2D eigenvalue weighted by Crippen LogP contribution is -2.34. The average Bonchev–Trinajstić information content (AvgIpc) is 2.94. The zero-order valence-electron chi connectivity index (χ0n) is 15.9. The minimum Gasteiger partial charge on any atom is -0.308 e. The van der Waals surface area contributed by atoms with E-state index in [-0.39, 0.29) is 11.4 Å². The van der Waals surface area contributed by atoms with E-state index in [1.165, 1.54) is 27.5 Å². The molecule has 0 aliphatic carbocycles. The largest absolute Gasteiger partial charge is 0.325 e. The van der Waals surface area contributed by atoms with E-state index in [9.17, 15) is 13.2 Å². The Labute approximate surface area is 163 Å². The van der Waals surface area contributed by atoms with Gasteiger partial charge in [0, 0.05) is 30.1 Å². The van der Waals surface area contributed by atoms with Gasteiger partial charge in [-0.2, -0.15) is 4.31 Å². The molecule has 0 fully saturated rings. The van der Waals surface area contributed by atoms with Gasteiger partial charge < -0.3 is 5.32 Å². The second-order valence-electron chi connectivity index (χ2n) is 7.64. The van der Waals surface area contributed by atoms with Crippen molar-refractivity contribution < 1.29 is 13.2 Å². The summed E-state index contributed by atoms with van der Waals surface area (Å²) in [6, 6.07) is 7.37. The van der Waals surface area contributed by atoms with Crippen LogP contribution in [0.25, 0.3) is 0 Å². The Morgan fingerprint density at radius 2 is 1.85 bits per heavy atom. The average molecular weight is 409 g/mol. The third kappa shape index (κ3) is 4.85. The molecule has 1 aliphatic rings. The molecule has 2 heterocycles. The third-order valence-electron chi connectivity index (χ3n) is 4.39. The first kappa shape index (κ1) is 19.8. The number of benzene rings is 1. The van der Waals surface area contributed by atoms with Gasteiger partial charge >= 0.3 is 6.03 Å². The molecule has 0 atom stereocenters. The maximum absolute atomic E-state index is 12.2. The number of sulfonamides is 1. The Balaban J connectivity index is 1.63. The summed E-state index contributed by atoms with van der Waals surface area (Å²) in [5.74, 6) is 0. The molecule has 0 saturated heterocycles. The molecule has 146 valence electrons. The number of carbonyl (C=O) groups excluding carboxylic acids is 1. The molecule has 2 aromatic rings. The van der Waals surface area contributed by atoms with Gasteiger partial charge in [0.05, 0.1) is 11.9 Å². The lowest BCUT2D eigenvalue weighted by Gasteiger charge is -2.23. The van der Waals surface area contributed by atoms with Gasteiger partial charge in [0.25, 0.3) is 0 Å². The topological polar surface area (TPSA) is 91.4 Å². The summed E-state index contributed by atoms with van der Waals surface area (Å²) in [7, 11) is -3.22. The molecule has 0 radical (unpaired) electrons. The fourth-order valence-corrected chi connectivity index (χ4v) is 4.71. The van der Waals surface area contributed by atoms with Crippen LogP contribution in [0.5, 0.6) is 0 Å². The second-order valence-corrected chi connectivity index (χ2v) is 10.7. The number of rotatable bonds is 3. The SMILES string of the molecule is CC(C)(C)c1ccc(NC(=O)Nc2nc3c(s2)CN(S(C)(=O)=O)CC3)cc1. The van der Waals surface area contributed by atoms with Crippen molar-refractivity contribution in [3.63, 3.8) is 0 Å². The summed E-state index contributed by atoms with van der Waals surface area (Å²) in [4.78, 5) is 17.5. The zero-order valence-corrected chi connectivity index (χ0v) is 17.5. The molecule has 2 N–H and O–H groups in total. The number of amides is 2. The van der Waals surface area contributed by atoms with E-state index in [1.54, 1.807) is 0 Å². The summed E-state index contributed by atoms with van der Waals surface area (Å²) in [5, 5.41) is 6.00. The highest BCUT2D eigenvalue weighted by Gasteiger charge is 2.26. The zero-order chi connectivity index (χ0) is 19.8. The van der Waals surface area contributed by atoms with E-state index in [2.05, 4.69) is 36.4 Å². The molecular weight excluding hydrogens is 384 g/mol. The van der Waals surface area contributed by atoms with Crippen molar-refractivity contribution in [3.05, 3.63) is 40.4 Å². The van der Waals surface area contributed by atoms with Crippen LogP contribution in [-0.4, -0.2) is 36.5 Å². The van der Waals surface area contributed by atoms with Gasteiger partial charge in [-0.3, -0.25) is 5.32 Å². The van der Waals surface area contributed by atoms with Gasteiger partial charge in [0.1, 0.15) is 0 Å². The standard InChI is InChI=1S/C18H24N4O3S2/c1-18(2,3)12-5-7-13(8-6-12)19-16(23)21-17-20-14-9-10-22(27(4,24)25)11-15(14)26-17/h5-8H,9-11H2,1-4H3,(H2,19,20,21,23). The number of thiazole rings is 1. The molecule has 0 bridgehead atoms. The van der Waals surface area contributed by atoms with Crippen LogP contribution in [0.15, 0.2) is 24.3 Å². The predicted molar refractivity (Wildman–Crippen MR) is 109 cm³/mol. The molecule has 0 saturated carbocycles. The van der Waals surface area contributed by atoms with Crippen LogP contribution in [0.2, 0.25) is 0 Å². The Hall–Kier alpha value is -1.97. The number of urea groups is 1. The van der Waals surface area contributed by atoms with Crippen LogP contribution in [-0.2, 0) is 28.4 Å². The molecule has 3 rings (SSSR count). The molecule has 1 aliphatic heterocycles. The van der Waals surface area contributed by atoms with E-state index >= 15 is 0 Å². The summed E-state index contributed by atoms with van der Waals surface area (Å²) in [6.07, 6.45) is 1.76. The summed E-state index contributed by atoms with van der Waals surface area (Å²) < 4.78 is 24.8. The van der Waals surface area contributed by atoms with Crippen molar-refractivity contribution in [2.45, 2.75) is 39.2 Å². The van der Waals surface area contributed by atoms with Gasteiger partial charge in [-0.25, -0.2) is 18.2 Å². The van der Waals surface area contributed by atoms with Crippen LogP contribution < -0.4 is 10.6 Å². The van der Waals surface area contributed by atoms with Crippen molar-refractivity contribution in [3.8, 4) is 0 Å². The minimum atomic E-state index is -3.22. The van der Waals surface area contributed by atoms with Crippen LogP contribution in [0, 0.1) is 0 Å². The number of fused-ring (bicyclic) bond motifs is 1. The second kappa shape index (κ2) is 7.21. The first-order valence-electron chi connectivity index (χ1n) is 8.64. The molecule has 0 spiro atoms. The lowest BCUT2D eigenvalue weighted by molar-refractivity contribution is 0.262. The fourth-order valence-electron chi connectivity index (χ4n) is 2.82. The molecule has 1 aromatic carbocycles. The van der Waals surface area contributed by atoms with Gasteiger partial charge in [-0.15, -0.1) is 0 Å². The smallest absolute Gasteiger partial charge is 0.308 e. The molecule has 9 heteroatoms. The van der Waals surface area contributed by atoms with E-state index in [4.69, 9.17) is 0 Å². The number of aromatic nitrogens is 1. The Kier molecular flexibility index (Phi) is 5.29. The lowest BCUT2D eigenvalue weighted by atomic mass is 9.87. The fraction of sp³-hybridized carbons (Fsp3) is 0.444. The van der Waals surface area contributed by atoms with Crippen LogP contribution >= 0.6 is 11.3 Å². The quantitative estimate of drug-likeness (QED) is 0.814. The van der Waals surface area contributed by atoms with Gasteiger partial charge in [-0.1, -0.05) is 44.2 Å². The van der Waals surface area contributed by atoms with Gasteiger partial charge in [0.15, 0.2) is 5.13 Å². The highest BCUT2D eigenvalue weighted by atomic mass is 32.2. The number of hydrogen-bond donors (Lipinski definition) is 2. The Morgan fingerprint density at radius 3 is 2.44 bits per heavy atom. The maximum Gasteiger partial charge on any atom is 0.325 e. The van der Waals surface area contributed by atoms with Crippen LogP contribution in [0.3, 0.4) is 0 Å². The summed E-state index contributed by atoms with van der Waals surface area (Å²) in [6.45, 7) is 7.14. The number of carbonyl (C=O) groups is 1. The molecular formula is C18H24N4O3S2. The number of nitrogens with zero attached hydrogens (tertiary/aromatic N) is 2. The highest BCUT2D eigenvalue weighted by molar-refractivity contribution is 7.88. The maximum atomic E-state index is 12.2. The van der Waals surface area contributed by atoms with Crippen molar-refractivity contribution in [1.82, 2.24) is 9.29 Å². The number of anilines is 2. The van der Waals surface area contributed by atoms with Crippen molar-refractivity contribution in [1.29, 1.82) is 0 Å². The normalized spacial score (nSPS) is 15.3. The molecule has 27 heavy (non-hydrogen) atoms. The van der Waals surface area contributed by atoms with E-state index < -0.39 is 10.0 Å². The van der Waals surface area contributed by atoms with Crippen molar-refractivity contribution in [2.24, 2.45) is 0 Å². The first-order valence-corrected chi connectivity index (χ1v) is 11.3. The summed E-state index contributed by atoms with van der Waals surface area (Å²) >= 11 is 1.31. The van der Waals surface area contributed by atoms with E-state index in [1.807, 2.05) is 24.3 Å². The van der Waals surface area contributed by atoms with Crippen LogP contribution in [0.1, 0.15) is 36.9 Å². The van der Waals surface area contributed by atoms with Gasteiger partial charge in [-0.05, 0) is 23.1 Å². The molecule has 1 aromatic heterocycles. The van der Waals surface area contributed by atoms with Crippen molar-refractivity contribution in [2.75, 3.05) is 23.4 Å². The highest BCUT2D eigenvalue weighted by Crippen LogP contribution is 2.29. The van der Waals surface area contributed by atoms with E-state index in [0.29, 0.717) is 30.3 Å². The third-order valence-corrected chi connectivity index (χ3v) is 6.64.